The van der Waals surface area contributed by atoms with E-state index in [-0.39, 0.29) is 0 Å². The zero-order chi connectivity index (χ0) is 15.4. The van der Waals surface area contributed by atoms with Gasteiger partial charge in [-0.1, -0.05) is 36.4 Å². The Balaban J connectivity index is 1.82. The lowest BCUT2D eigenvalue weighted by Crippen LogP contribution is -2.56. The Morgan fingerprint density at radius 3 is 2.36 bits per heavy atom. The standard InChI is InChI=1S/C18H21N3S/c1-15-9-8-14-20(17-12-6-3-7-13-17)21(15)18(22)19-16-10-4-2-5-11-16/h2-7,10-13,15H,8-9,14H2,1H3,(H,19,22)/t15-/m0/s1. The summed E-state index contributed by atoms with van der Waals surface area (Å²) < 4.78 is 0. The van der Waals surface area contributed by atoms with Crippen molar-refractivity contribution >= 4 is 28.7 Å². The second kappa shape index (κ2) is 6.79. The molecule has 1 aliphatic rings. The van der Waals surface area contributed by atoms with Crippen molar-refractivity contribution in [1.82, 2.24) is 5.01 Å². The summed E-state index contributed by atoms with van der Waals surface area (Å²) in [4.78, 5) is 0. The molecule has 0 amide bonds. The SMILES string of the molecule is C[C@H]1CCCN(c2ccccc2)N1C(=S)Nc1ccccc1. The largest absolute Gasteiger partial charge is 0.331 e. The van der Waals surface area contributed by atoms with Gasteiger partial charge >= 0.3 is 0 Å². The van der Waals surface area contributed by atoms with E-state index >= 15 is 0 Å². The van der Waals surface area contributed by atoms with E-state index in [0.29, 0.717) is 6.04 Å². The molecule has 0 unspecified atom stereocenters. The maximum Gasteiger partial charge on any atom is 0.192 e. The first-order valence-electron chi connectivity index (χ1n) is 7.73. The lowest BCUT2D eigenvalue weighted by molar-refractivity contribution is 0.248. The third-order valence-corrected chi connectivity index (χ3v) is 4.25. The Labute approximate surface area is 137 Å². The second-order valence-electron chi connectivity index (χ2n) is 5.59. The number of hydrogen-bond donors (Lipinski definition) is 1. The van der Waals surface area contributed by atoms with Crippen molar-refractivity contribution in [2.45, 2.75) is 25.8 Å². The summed E-state index contributed by atoms with van der Waals surface area (Å²) in [6.07, 6.45) is 2.33. The van der Waals surface area contributed by atoms with Crippen molar-refractivity contribution in [3.05, 3.63) is 60.7 Å². The van der Waals surface area contributed by atoms with Crippen LogP contribution in [0.2, 0.25) is 0 Å². The van der Waals surface area contributed by atoms with Gasteiger partial charge in [-0.15, -0.1) is 0 Å². The van der Waals surface area contributed by atoms with E-state index < -0.39 is 0 Å². The van der Waals surface area contributed by atoms with Gasteiger partial charge in [0.25, 0.3) is 0 Å². The summed E-state index contributed by atoms with van der Waals surface area (Å²) in [5.41, 5.74) is 2.21. The van der Waals surface area contributed by atoms with Crippen molar-refractivity contribution in [3.63, 3.8) is 0 Å². The van der Waals surface area contributed by atoms with Gasteiger partial charge in [0.05, 0.1) is 11.7 Å². The van der Waals surface area contributed by atoms with Crippen molar-refractivity contribution in [3.8, 4) is 0 Å². The number of nitrogens with one attached hydrogen (secondary N) is 1. The first-order valence-corrected chi connectivity index (χ1v) is 8.14. The number of hydrogen-bond acceptors (Lipinski definition) is 2. The fraction of sp³-hybridized carbons (Fsp3) is 0.278. The molecule has 0 bridgehead atoms. The minimum atomic E-state index is 0.387. The Hall–Kier alpha value is -2.07. The fourth-order valence-corrected chi connectivity index (χ4v) is 3.27. The molecular weight excluding hydrogens is 290 g/mol. The van der Waals surface area contributed by atoms with Crippen LogP contribution in [0.4, 0.5) is 11.4 Å². The molecular formula is C18H21N3S. The van der Waals surface area contributed by atoms with Crippen molar-refractivity contribution in [2.75, 3.05) is 16.9 Å². The van der Waals surface area contributed by atoms with Gasteiger partial charge < -0.3 is 5.32 Å². The van der Waals surface area contributed by atoms with Gasteiger partial charge in [-0.3, -0.25) is 10.0 Å². The number of thiocarbonyl (C=S) groups is 1. The summed E-state index contributed by atoms with van der Waals surface area (Å²) in [6.45, 7) is 3.22. The smallest absolute Gasteiger partial charge is 0.192 e. The highest BCUT2D eigenvalue weighted by molar-refractivity contribution is 7.80. The van der Waals surface area contributed by atoms with E-state index in [9.17, 15) is 0 Å². The minimum Gasteiger partial charge on any atom is -0.331 e. The zero-order valence-electron chi connectivity index (χ0n) is 12.8. The van der Waals surface area contributed by atoms with Crippen molar-refractivity contribution in [2.24, 2.45) is 0 Å². The van der Waals surface area contributed by atoms with Gasteiger partial charge in [0, 0.05) is 12.2 Å². The average molecular weight is 311 g/mol. The summed E-state index contributed by atoms with van der Waals surface area (Å²) >= 11 is 5.68. The van der Waals surface area contributed by atoms with Crippen LogP contribution in [0.15, 0.2) is 60.7 Å². The van der Waals surface area contributed by atoms with E-state index in [1.54, 1.807) is 0 Å². The molecule has 0 aromatic heterocycles. The number of nitrogens with zero attached hydrogens (tertiary/aromatic N) is 2. The predicted octanol–water partition coefficient (Wildman–Crippen LogP) is 4.29. The van der Waals surface area contributed by atoms with Crippen molar-refractivity contribution < 1.29 is 0 Å². The molecule has 0 radical (unpaired) electrons. The highest BCUT2D eigenvalue weighted by Gasteiger charge is 2.28. The lowest BCUT2D eigenvalue weighted by Gasteiger charge is -2.45. The predicted molar refractivity (Wildman–Crippen MR) is 97.0 cm³/mol. The molecule has 114 valence electrons. The Bertz CT molecular complexity index is 615. The van der Waals surface area contributed by atoms with E-state index in [1.807, 2.05) is 36.4 Å². The molecule has 0 spiro atoms. The monoisotopic (exact) mass is 311 g/mol. The van der Waals surface area contributed by atoms with Crippen LogP contribution in [0.25, 0.3) is 0 Å². The van der Waals surface area contributed by atoms with Gasteiger partial charge in [0.1, 0.15) is 0 Å². The fourth-order valence-electron chi connectivity index (χ4n) is 2.87. The van der Waals surface area contributed by atoms with Gasteiger partial charge in [0.2, 0.25) is 0 Å². The van der Waals surface area contributed by atoms with Crippen LogP contribution in [-0.2, 0) is 0 Å². The molecule has 2 aromatic rings. The molecule has 0 saturated carbocycles. The zero-order valence-corrected chi connectivity index (χ0v) is 13.6. The molecule has 22 heavy (non-hydrogen) atoms. The topological polar surface area (TPSA) is 18.5 Å². The number of rotatable bonds is 2. The van der Waals surface area contributed by atoms with Crippen LogP contribution in [0.1, 0.15) is 19.8 Å². The number of anilines is 2. The quantitative estimate of drug-likeness (QED) is 0.834. The molecule has 1 fully saturated rings. The Morgan fingerprint density at radius 1 is 1.05 bits per heavy atom. The molecule has 1 heterocycles. The number of hydrazine groups is 1. The van der Waals surface area contributed by atoms with Gasteiger partial charge in [0.15, 0.2) is 5.11 Å². The molecule has 4 heteroatoms. The summed E-state index contributed by atoms with van der Waals surface area (Å²) in [5, 5.41) is 8.60. The normalized spacial score (nSPS) is 18.1. The van der Waals surface area contributed by atoms with E-state index in [0.717, 1.165) is 23.8 Å². The third kappa shape index (κ3) is 3.22. The Kier molecular flexibility index (Phi) is 4.59. The molecule has 1 atom stereocenters. The molecule has 1 aliphatic heterocycles. The highest BCUT2D eigenvalue weighted by Crippen LogP contribution is 2.25. The van der Waals surface area contributed by atoms with E-state index in [2.05, 4.69) is 46.5 Å². The van der Waals surface area contributed by atoms with Crippen LogP contribution in [0.5, 0.6) is 0 Å². The first-order chi connectivity index (χ1) is 10.8. The molecule has 3 rings (SSSR count). The number of benzene rings is 2. The maximum absolute atomic E-state index is 5.68. The summed E-state index contributed by atoms with van der Waals surface area (Å²) in [5.74, 6) is 0. The summed E-state index contributed by atoms with van der Waals surface area (Å²) in [6, 6.07) is 20.9. The maximum atomic E-state index is 5.68. The molecule has 3 nitrogen and oxygen atoms in total. The molecule has 0 aliphatic carbocycles. The van der Waals surface area contributed by atoms with Crippen LogP contribution in [-0.4, -0.2) is 22.7 Å². The van der Waals surface area contributed by atoms with Crippen LogP contribution in [0.3, 0.4) is 0 Å². The summed E-state index contributed by atoms with van der Waals surface area (Å²) in [7, 11) is 0. The van der Waals surface area contributed by atoms with Gasteiger partial charge in [-0.2, -0.15) is 0 Å². The minimum absolute atomic E-state index is 0.387. The Morgan fingerprint density at radius 2 is 1.68 bits per heavy atom. The van der Waals surface area contributed by atoms with Gasteiger partial charge in [-0.25, -0.2) is 0 Å². The molecule has 1 N–H and O–H groups in total. The average Bonchev–Trinajstić information content (AvgIpc) is 2.56. The van der Waals surface area contributed by atoms with E-state index in [4.69, 9.17) is 12.2 Å². The van der Waals surface area contributed by atoms with Gasteiger partial charge in [-0.05, 0) is 56.2 Å². The molecule has 1 saturated heterocycles. The van der Waals surface area contributed by atoms with Crippen LogP contribution in [0, 0.1) is 0 Å². The van der Waals surface area contributed by atoms with E-state index in [1.165, 1.54) is 12.1 Å². The number of para-hydroxylation sites is 2. The molecule has 2 aromatic carbocycles. The first kappa shape index (κ1) is 14.9. The third-order valence-electron chi connectivity index (χ3n) is 3.96. The van der Waals surface area contributed by atoms with Crippen LogP contribution < -0.4 is 10.3 Å². The van der Waals surface area contributed by atoms with Crippen LogP contribution >= 0.6 is 12.2 Å². The lowest BCUT2D eigenvalue weighted by atomic mass is 10.1. The second-order valence-corrected chi connectivity index (χ2v) is 5.98. The van der Waals surface area contributed by atoms with Crippen molar-refractivity contribution in [1.29, 1.82) is 0 Å². The highest BCUT2D eigenvalue weighted by atomic mass is 32.1.